The van der Waals surface area contributed by atoms with E-state index in [9.17, 15) is 0 Å². The first-order valence-corrected chi connectivity index (χ1v) is 7.14. The van der Waals surface area contributed by atoms with Crippen molar-refractivity contribution in [3.05, 3.63) is 34.9 Å². The van der Waals surface area contributed by atoms with Crippen LogP contribution in [0.4, 0.5) is 0 Å². The predicted molar refractivity (Wildman–Crippen MR) is 76.0 cm³/mol. The summed E-state index contributed by atoms with van der Waals surface area (Å²) in [6.45, 7) is 3.63. The average Bonchev–Trinajstić information content (AvgIpc) is 2.44. The summed E-state index contributed by atoms with van der Waals surface area (Å²) < 4.78 is 5.82. The van der Waals surface area contributed by atoms with E-state index < -0.39 is 0 Å². The quantitative estimate of drug-likeness (QED) is 0.775. The molecule has 4 heteroatoms. The molecule has 1 saturated heterocycles. The normalized spacial score (nSPS) is 20.1. The Hall–Kier alpha value is -1.08. The van der Waals surface area contributed by atoms with Gasteiger partial charge in [-0.25, -0.2) is 0 Å². The lowest BCUT2D eigenvalue weighted by molar-refractivity contribution is -0.0302. The minimum atomic E-state index is 0.0680. The van der Waals surface area contributed by atoms with Crippen molar-refractivity contribution in [2.75, 3.05) is 26.2 Å². The Balaban J connectivity index is 1.87. The molecule has 1 aliphatic rings. The van der Waals surface area contributed by atoms with Gasteiger partial charge in [-0.15, -0.1) is 0 Å². The molecule has 3 nitrogen and oxygen atoms in total. The number of benzene rings is 1. The fraction of sp³-hybridized carbons (Fsp3) is 0.533. The van der Waals surface area contributed by atoms with Gasteiger partial charge in [-0.2, -0.15) is 5.26 Å². The van der Waals surface area contributed by atoms with Crippen LogP contribution in [0.5, 0.6) is 0 Å². The van der Waals surface area contributed by atoms with Gasteiger partial charge >= 0.3 is 0 Å². The summed E-state index contributed by atoms with van der Waals surface area (Å²) in [5.41, 5.74) is 1.07. The van der Waals surface area contributed by atoms with Crippen molar-refractivity contribution < 1.29 is 4.74 Å². The van der Waals surface area contributed by atoms with Crippen LogP contribution in [-0.2, 0) is 4.74 Å². The van der Waals surface area contributed by atoms with Crippen molar-refractivity contribution in [2.24, 2.45) is 0 Å². The molecule has 0 aromatic heterocycles. The van der Waals surface area contributed by atoms with E-state index in [4.69, 9.17) is 21.6 Å². The van der Waals surface area contributed by atoms with Gasteiger partial charge in [-0.05, 0) is 25.5 Å². The molecule has 0 bridgehead atoms. The summed E-state index contributed by atoms with van der Waals surface area (Å²) in [5.74, 6) is 0. The lowest BCUT2D eigenvalue weighted by Gasteiger charge is -2.33. The molecule has 1 heterocycles. The van der Waals surface area contributed by atoms with Crippen molar-refractivity contribution in [1.29, 1.82) is 5.26 Å². The second-order valence-electron chi connectivity index (χ2n) is 4.80. The van der Waals surface area contributed by atoms with Crippen LogP contribution in [0.2, 0.25) is 5.02 Å². The van der Waals surface area contributed by atoms with Crippen LogP contribution in [0.15, 0.2) is 24.3 Å². The standard InChI is InChI=1S/C15H19ClN2O/c16-14-7-3-2-6-13(14)15-12-18(10-11-19-15)9-5-1-4-8-17/h2-3,6-7,15H,1,4-5,9-12H2. The monoisotopic (exact) mass is 278 g/mol. The molecule has 1 atom stereocenters. The van der Waals surface area contributed by atoms with Crippen LogP contribution in [0.3, 0.4) is 0 Å². The van der Waals surface area contributed by atoms with E-state index in [0.29, 0.717) is 6.42 Å². The van der Waals surface area contributed by atoms with Gasteiger partial charge in [0.2, 0.25) is 0 Å². The topological polar surface area (TPSA) is 36.3 Å². The maximum absolute atomic E-state index is 8.53. The first-order chi connectivity index (χ1) is 9.31. The molecule has 1 aromatic carbocycles. The molecule has 0 N–H and O–H groups in total. The van der Waals surface area contributed by atoms with Crippen LogP contribution in [-0.4, -0.2) is 31.1 Å². The van der Waals surface area contributed by atoms with E-state index in [-0.39, 0.29) is 6.10 Å². The Kier molecular flexibility index (Phi) is 5.65. The third-order valence-electron chi connectivity index (χ3n) is 3.42. The van der Waals surface area contributed by atoms with Gasteiger partial charge in [0.1, 0.15) is 0 Å². The largest absolute Gasteiger partial charge is 0.371 e. The highest BCUT2D eigenvalue weighted by molar-refractivity contribution is 6.31. The Bertz CT molecular complexity index is 444. The van der Waals surface area contributed by atoms with Gasteiger partial charge in [-0.3, -0.25) is 4.90 Å². The fourth-order valence-electron chi connectivity index (χ4n) is 2.37. The minimum absolute atomic E-state index is 0.0680. The number of rotatable bonds is 5. The predicted octanol–water partition coefficient (Wildman–Crippen LogP) is 3.41. The third-order valence-corrected chi connectivity index (χ3v) is 3.76. The van der Waals surface area contributed by atoms with Crippen molar-refractivity contribution in [3.8, 4) is 6.07 Å². The summed E-state index contributed by atoms with van der Waals surface area (Å²) in [6.07, 6.45) is 2.77. The van der Waals surface area contributed by atoms with Gasteiger partial charge in [-0.1, -0.05) is 29.8 Å². The Morgan fingerprint density at radius 3 is 3.00 bits per heavy atom. The molecule has 0 radical (unpaired) electrons. The maximum Gasteiger partial charge on any atom is 0.0966 e. The van der Waals surface area contributed by atoms with Crippen molar-refractivity contribution in [1.82, 2.24) is 4.90 Å². The number of nitrogens with zero attached hydrogens (tertiary/aromatic N) is 2. The highest BCUT2D eigenvalue weighted by Crippen LogP contribution is 2.28. The van der Waals surface area contributed by atoms with Crippen molar-refractivity contribution in [3.63, 3.8) is 0 Å². The van der Waals surface area contributed by atoms with Gasteiger partial charge in [0.05, 0.1) is 18.8 Å². The molecule has 2 rings (SSSR count). The molecule has 0 spiro atoms. The molecule has 19 heavy (non-hydrogen) atoms. The molecule has 0 amide bonds. The zero-order valence-electron chi connectivity index (χ0n) is 11.0. The maximum atomic E-state index is 8.53. The summed E-state index contributed by atoms with van der Waals surface area (Å²) in [7, 11) is 0. The second-order valence-corrected chi connectivity index (χ2v) is 5.20. The highest BCUT2D eigenvalue weighted by Gasteiger charge is 2.22. The van der Waals surface area contributed by atoms with Crippen molar-refractivity contribution in [2.45, 2.75) is 25.4 Å². The summed E-state index contributed by atoms with van der Waals surface area (Å²) in [6, 6.07) is 10.1. The Labute approximate surface area is 119 Å². The van der Waals surface area contributed by atoms with E-state index in [1.54, 1.807) is 0 Å². The summed E-state index contributed by atoms with van der Waals surface area (Å²) in [5, 5.41) is 9.30. The summed E-state index contributed by atoms with van der Waals surface area (Å²) in [4.78, 5) is 2.40. The molecule has 1 aliphatic heterocycles. The molecule has 102 valence electrons. The zero-order valence-corrected chi connectivity index (χ0v) is 11.8. The van der Waals surface area contributed by atoms with E-state index in [2.05, 4.69) is 11.0 Å². The smallest absolute Gasteiger partial charge is 0.0966 e. The van der Waals surface area contributed by atoms with Crippen LogP contribution < -0.4 is 0 Å². The Morgan fingerprint density at radius 2 is 2.21 bits per heavy atom. The fourth-order valence-corrected chi connectivity index (χ4v) is 2.63. The zero-order chi connectivity index (χ0) is 13.5. The molecule has 0 saturated carbocycles. The number of hydrogen-bond donors (Lipinski definition) is 0. The minimum Gasteiger partial charge on any atom is -0.371 e. The lowest BCUT2D eigenvalue weighted by Crippen LogP contribution is -2.38. The lowest BCUT2D eigenvalue weighted by atomic mass is 10.1. The number of morpholine rings is 1. The van der Waals surface area contributed by atoms with Gasteiger partial charge < -0.3 is 4.74 Å². The number of unbranched alkanes of at least 4 members (excludes halogenated alkanes) is 2. The van der Waals surface area contributed by atoms with E-state index in [1.807, 2.05) is 24.3 Å². The number of halogens is 1. The Morgan fingerprint density at radius 1 is 1.37 bits per heavy atom. The van der Waals surface area contributed by atoms with Gasteiger partial charge in [0.25, 0.3) is 0 Å². The van der Waals surface area contributed by atoms with Crippen LogP contribution in [0.1, 0.15) is 30.9 Å². The number of nitriles is 1. The molecule has 0 aliphatic carbocycles. The van der Waals surface area contributed by atoms with Crippen LogP contribution in [0.25, 0.3) is 0 Å². The van der Waals surface area contributed by atoms with E-state index in [0.717, 1.165) is 49.7 Å². The molecule has 1 fully saturated rings. The van der Waals surface area contributed by atoms with E-state index in [1.165, 1.54) is 0 Å². The molecule has 1 aromatic rings. The van der Waals surface area contributed by atoms with Crippen LogP contribution >= 0.6 is 11.6 Å². The number of ether oxygens (including phenoxy) is 1. The molecular formula is C15H19ClN2O. The third kappa shape index (κ3) is 4.21. The van der Waals surface area contributed by atoms with Crippen LogP contribution in [0, 0.1) is 11.3 Å². The second kappa shape index (κ2) is 7.49. The molecular weight excluding hydrogens is 260 g/mol. The highest BCUT2D eigenvalue weighted by atomic mass is 35.5. The van der Waals surface area contributed by atoms with Gasteiger partial charge in [0, 0.05) is 30.1 Å². The average molecular weight is 279 g/mol. The van der Waals surface area contributed by atoms with Crippen molar-refractivity contribution >= 4 is 11.6 Å². The first-order valence-electron chi connectivity index (χ1n) is 6.76. The van der Waals surface area contributed by atoms with E-state index >= 15 is 0 Å². The van der Waals surface area contributed by atoms with Gasteiger partial charge in [0.15, 0.2) is 0 Å². The SMILES string of the molecule is N#CCCCCN1CCOC(c2ccccc2Cl)C1. The number of hydrogen-bond acceptors (Lipinski definition) is 3. The molecule has 1 unspecified atom stereocenters. The summed E-state index contributed by atoms with van der Waals surface area (Å²) >= 11 is 6.22. The first kappa shape index (κ1) is 14.3.